The van der Waals surface area contributed by atoms with Crippen LogP contribution in [0.25, 0.3) is 0 Å². The van der Waals surface area contributed by atoms with Crippen LogP contribution in [0.15, 0.2) is 36.4 Å². The van der Waals surface area contributed by atoms with Crippen molar-refractivity contribution in [3.05, 3.63) is 58.7 Å². The van der Waals surface area contributed by atoms with Crippen LogP contribution in [0.4, 0.5) is 5.69 Å². The van der Waals surface area contributed by atoms with Gasteiger partial charge in [-0.3, -0.25) is 0 Å². The molecule has 0 saturated heterocycles. The average molecular weight is 267 g/mol. The first-order valence-corrected chi connectivity index (χ1v) is 7.23. The van der Waals surface area contributed by atoms with Crippen LogP contribution >= 0.6 is 0 Å². The van der Waals surface area contributed by atoms with E-state index >= 15 is 0 Å². The number of hydrogen-bond acceptors (Lipinski definition) is 2. The van der Waals surface area contributed by atoms with E-state index in [0.717, 1.165) is 18.7 Å². The zero-order valence-electron chi connectivity index (χ0n) is 12.4. The second-order valence-electron chi connectivity index (χ2n) is 5.61. The molecule has 0 amide bonds. The van der Waals surface area contributed by atoms with Gasteiger partial charge in [0.1, 0.15) is 5.75 Å². The molecule has 1 heterocycles. The molecule has 0 aromatic heterocycles. The maximum atomic E-state index is 5.94. The predicted molar refractivity (Wildman–Crippen MR) is 83.4 cm³/mol. The van der Waals surface area contributed by atoms with E-state index in [4.69, 9.17) is 4.74 Å². The molecule has 0 radical (unpaired) electrons. The molecule has 0 aliphatic carbocycles. The molecule has 0 bridgehead atoms. The van der Waals surface area contributed by atoms with Crippen molar-refractivity contribution in [2.75, 3.05) is 11.6 Å². The van der Waals surface area contributed by atoms with Gasteiger partial charge in [0.25, 0.3) is 0 Å². The Hall–Kier alpha value is -1.96. The summed E-state index contributed by atoms with van der Waals surface area (Å²) < 4.78 is 5.94. The highest BCUT2D eigenvalue weighted by Crippen LogP contribution is 2.30. The fourth-order valence-electron chi connectivity index (χ4n) is 2.78. The van der Waals surface area contributed by atoms with Crippen LogP contribution in [0.1, 0.15) is 29.2 Å². The first kappa shape index (κ1) is 13.0. The van der Waals surface area contributed by atoms with E-state index in [1.165, 1.54) is 27.9 Å². The van der Waals surface area contributed by atoms with Gasteiger partial charge < -0.3 is 9.64 Å². The van der Waals surface area contributed by atoms with Crippen molar-refractivity contribution in [1.29, 1.82) is 0 Å². The van der Waals surface area contributed by atoms with Crippen LogP contribution in [0, 0.1) is 13.8 Å². The molecule has 2 nitrogen and oxygen atoms in total. The Morgan fingerprint density at radius 2 is 1.80 bits per heavy atom. The third-order valence-electron chi connectivity index (χ3n) is 3.85. The molecule has 104 valence electrons. The van der Waals surface area contributed by atoms with Crippen molar-refractivity contribution in [1.82, 2.24) is 0 Å². The molecule has 0 atom stereocenters. The molecule has 1 aliphatic rings. The van der Waals surface area contributed by atoms with Gasteiger partial charge >= 0.3 is 0 Å². The summed E-state index contributed by atoms with van der Waals surface area (Å²) in [5.74, 6) is 1.05. The zero-order valence-corrected chi connectivity index (χ0v) is 12.4. The van der Waals surface area contributed by atoms with Crippen LogP contribution in [-0.2, 0) is 13.0 Å². The van der Waals surface area contributed by atoms with Crippen molar-refractivity contribution < 1.29 is 4.74 Å². The van der Waals surface area contributed by atoms with Gasteiger partial charge in [-0.2, -0.15) is 0 Å². The van der Waals surface area contributed by atoms with Gasteiger partial charge in [-0.15, -0.1) is 0 Å². The second kappa shape index (κ2) is 5.20. The summed E-state index contributed by atoms with van der Waals surface area (Å²) in [6.07, 6.45) is 1.05. The molecule has 20 heavy (non-hydrogen) atoms. The van der Waals surface area contributed by atoms with E-state index in [1.807, 2.05) is 0 Å². The topological polar surface area (TPSA) is 12.5 Å². The Morgan fingerprint density at radius 3 is 2.50 bits per heavy atom. The number of benzene rings is 2. The van der Waals surface area contributed by atoms with Crippen LogP contribution in [-0.4, -0.2) is 6.73 Å². The maximum absolute atomic E-state index is 5.94. The van der Waals surface area contributed by atoms with E-state index in [2.05, 4.69) is 62.1 Å². The lowest BCUT2D eigenvalue weighted by Gasteiger charge is -2.31. The molecule has 1 aliphatic heterocycles. The van der Waals surface area contributed by atoms with E-state index in [0.29, 0.717) is 6.73 Å². The molecule has 3 rings (SSSR count). The van der Waals surface area contributed by atoms with Crippen LogP contribution < -0.4 is 9.64 Å². The fraction of sp³-hybridized carbons (Fsp3) is 0.333. The number of anilines is 1. The maximum Gasteiger partial charge on any atom is 0.161 e. The standard InChI is InChI=1S/C18H21NO/c1-4-15-5-6-16-11-19(12-20-18(16)10-15)17-8-13(2)7-14(3)9-17/h5-10H,4,11-12H2,1-3H3. The van der Waals surface area contributed by atoms with Gasteiger partial charge in [-0.05, 0) is 55.2 Å². The largest absolute Gasteiger partial charge is 0.473 e. The smallest absolute Gasteiger partial charge is 0.161 e. The van der Waals surface area contributed by atoms with Crippen LogP contribution in [0.5, 0.6) is 5.75 Å². The normalized spacial score (nSPS) is 13.8. The third kappa shape index (κ3) is 2.51. The molecule has 2 aromatic rings. The summed E-state index contributed by atoms with van der Waals surface area (Å²) in [5, 5.41) is 0. The van der Waals surface area contributed by atoms with Crippen molar-refractivity contribution in [2.24, 2.45) is 0 Å². The SMILES string of the molecule is CCc1ccc2c(c1)OCN(c1cc(C)cc(C)c1)C2. The lowest BCUT2D eigenvalue weighted by Crippen LogP contribution is -2.32. The molecule has 0 fully saturated rings. The Labute approximate surface area is 121 Å². The Bertz CT molecular complexity index is 613. The van der Waals surface area contributed by atoms with Crippen molar-refractivity contribution >= 4 is 5.69 Å². The Kier molecular flexibility index (Phi) is 3.39. The van der Waals surface area contributed by atoms with E-state index in [1.54, 1.807) is 0 Å². The average Bonchev–Trinajstić information content (AvgIpc) is 2.45. The van der Waals surface area contributed by atoms with Gasteiger partial charge in [0.05, 0.1) is 0 Å². The molecule has 0 N–H and O–H groups in total. The minimum atomic E-state index is 0.628. The monoisotopic (exact) mass is 267 g/mol. The van der Waals surface area contributed by atoms with Gasteiger partial charge in [0, 0.05) is 17.8 Å². The molecule has 2 aromatic carbocycles. The lowest BCUT2D eigenvalue weighted by molar-refractivity contribution is 0.289. The van der Waals surface area contributed by atoms with Crippen molar-refractivity contribution in [3.63, 3.8) is 0 Å². The van der Waals surface area contributed by atoms with Gasteiger partial charge in [-0.25, -0.2) is 0 Å². The summed E-state index contributed by atoms with van der Waals surface area (Å²) in [6, 6.07) is 13.2. The van der Waals surface area contributed by atoms with Gasteiger partial charge in [0.2, 0.25) is 0 Å². The number of hydrogen-bond donors (Lipinski definition) is 0. The highest BCUT2D eigenvalue weighted by atomic mass is 16.5. The highest BCUT2D eigenvalue weighted by Gasteiger charge is 2.18. The predicted octanol–water partition coefficient (Wildman–Crippen LogP) is 4.22. The number of aryl methyl sites for hydroxylation is 3. The van der Waals surface area contributed by atoms with Crippen LogP contribution in [0.2, 0.25) is 0 Å². The first-order chi connectivity index (χ1) is 9.65. The lowest BCUT2D eigenvalue weighted by atomic mass is 10.1. The number of nitrogens with zero attached hydrogens (tertiary/aromatic N) is 1. The number of ether oxygens (including phenoxy) is 1. The minimum Gasteiger partial charge on any atom is -0.473 e. The molecule has 2 heteroatoms. The molecular formula is C18H21NO. The first-order valence-electron chi connectivity index (χ1n) is 7.23. The highest BCUT2D eigenvalue weighted by molar-refractivity contribution is 5.53. The summed E-state index contributed by atoms with van der Waals surface area (Å²) in [7, 11) is 0. The van der Waals surface area contributed by atoms with Crippen molar-refractivity contribution in [2.45, 2.75) is 33.7 Å². The quantitative estimate of drug-likeness (QED) is 0.807. The van der Waals surface area contributed by atoms with Crippen molar-refractivity contribution in [3.8, 4) is 5.75 Å². The summed E-state index contributed by atoms with van der Waals surface area (Å²) >= 11 is 0. The molecular weight excluding hydrogens is 246 g/mol. The summed E-state index contributed by atoms with van der Waals surface area (Å²) in [6.45, 7) is 8.00. The fourth-order valence-corrected chi connectivity index (χ4v) is 2.78. The van der Waals surface area contributed by atoms with Gasteiger partial charge in [0.15, 0.2) is 6.73 Å². The van der Waals surface area contributed by atoms with Gasteiger partial charge in [-0.1, -0.05) is 25.1 Å². The summed E-state index contributed by atoms with van der Waals surface area (Å²) in [5.41, 5.74) is 6.45. The number of rotatable bonds is 2. The molecule has 0 saturated carbocycles. The van der Waals surface area contributed by atoms with Crippen LogP contribution in [0.3, 0.4) is 0 Å². The third-order valence-corrected chi connectivity index (χ3v) is 3.85. The van der Waals surface area contributed by atoms with E-state index < -0.39 is 0 Å². The Balaban J connectivity index is 1.88. The minimum absolute atomic E-state index is 0.628. The summed E-state index contributed by atoms with van der Waals surface area (Å²) in [4.78, 5) is 2.29. The molecule has 0 spiro atoms. The number of fused-ring (bicyclic) bond motifs is 1. The second-order valence-corrected chi connectivity index (χ2v) is 5.61. The van der Waals surface area contributed by atoms with E-state index in [-0.39, 0.29) is 0 Å². The zero-order chi connectivity index (χ0) is 14.1. The Morgan fingerprint density at radius 1 is 1.05 bits per heavy atom. The van der Waals surface area contributed by atoms with E-state index in [9.17, 15) is 0 Å². The molecule has 0 unspecified atom stereocenters.